The summed E-state index contributed by atoms with van der Waals surface area (Å²) in [5.41, 5.74) is 1.37. The summed E-state index contributed by atoms with van der Waals surface area (Å²) in [5, 5.41) is 13.7. The quantitative estimate of drug-likeness (QED) is 0.408. The number of aliphatic hydroxyl groups excluding tert-OH is 1. The van der Waals surface area contributed by atoms with E-state index in [9.17, 15) is 14.7 Å². The average molecular weight is 491 g/mol. The molecule has 1 aliphatic rings. The van der Waals surface area contributed by atoms with E-state index in [0.29, 0.717) is 33.5 Å². The number of hydrogen-bond acceptors (Lipinski definition) is 5. The molecular formula is C25H28Cl2N2O4. The molecule has 2 N–H and O–H groups in total. The number of hydrogen-bond donors (Lipinski definition) is 2. The van der Waals surface area contributed by atoms with E-state index in [4.69, 9.17) is 27.9 Å². The van der Waals surface area contributed by atoms with Gasteiger partial charge >= 0.3 is 0 Å². The molecule has 0 aliphatic carbocycles. The van der Waals surface area contributed by atoms with Gasteiger partial charge in [0, 0.05) is 39.7 Å². The van der Waals surface area contributed by atoms with Crippen molar-refractivity contribution in [3.05, 3.63) is 69.7 Å². The number of carbonyl (C=O) groups excluding carboxylic acids is 2. The highest BCUT2D eigenvalue weighted by molar-refractivity contribution is 6.31. The Kier molecular flexibility index (Phi) is 9.32. The van der Waals surface area contributed by atoms with Crippen LogP contribution in [0.25, 0.3) is 6.08 Å². The molecule has 3 rings (SSSR count). The summed E-state index contributed by atoms with van der Waals surface area (Å²) in [6.07, 6.45) is 4.50. The summed E-state index contributed by atoms with van der Waals surface area (Å²) < 4.78 is 5.28. The molecule has 1 amide bonds. The molecule has 1 fully saturated rings. The Balaban J connectivity index is 1.49. The van der Waals surface area contributed by atoms with Crippen molar-refractivity contribution < 1.29 is 19.4 Å². The molecule has 1 heterocycles. The number of aliphatic hydroxyl groups is 1. The van der Waals surface area contributed by atoms with Crippen molar-refractivity contribution in [1.82, 2.24) is 10.2 Å². The van der Waals surface area contributed by atoms with Crippen LogP contribution in [-0.2, 0) is 4.79 Å². The van der Waals surface area contributed by atoms with E-state index in [2.05, 4.69) is 10.2 Å². The Labute approximate surface area is 204 Å². The molecule has 0 radical (unpaired) electrons. The Morgan fingerprint density at radius 2 is 1.82 bits per heavy atom. The van der Waals surface area contributed by atoms with E-state index < -0.39 is 6.04 Å². The lowest BCUT2D eigenvalue weighted by atomic mass is 9.89. The van der Waals surface area contributed by atoms with Crippen LogP contribution in [0.3, 0.4) is 0 Å². The van der Waals surface area contributed by atoms with Crippen molar-refractivity contribution in [2.45, 2.75) is 18.9 Å². The van der Waals surface area contributed by atoms with Crippen LogP contribution in [0.15, 0.2) is 48.5 Å². The molecule has 1 unspecified atom stereocenters. The highest BCUT2D eigenvalue weighted by Crippen LogP contribution is 2.24. The average Bonchev–Trinajstić information content (AvgIpc) is 2.83. The summed E-state index contributed by atoms with van der Waals surface area (Å²) in [7, 11) is 1.55. The lowest BCUT2D eigenvalue weighted by Crippen LogP contribution is -2.48. The van der Waals surface area contributed by atoms with Crippen LogP contribution in [0.2, 0.25) is 10.0 Å². The number of amides is 1. The molecule has 1 aliphatic heterocycles. The molecule has 2 aromatic rings. The molecular weight excluding hydrogens is 463 g/mol. The minimum absolute atomic E-state index is 0.0276. The van der Waals surface area contributed by atoms with Crippen molar-refractivity contribution in [3.63, 3.8) is 0 Å². The first-order valence-corrected chi connectivity index (χ1v) is 11.6. The van der Waals surface area contributed by atoms with Crippen LogP contribution in [0, 0.1) is 5.92 Å². The van der Waals surface area contributed by atoms with Gasteiger partial charge in [0.05, 0.1) is 19.8 Å². The van der Waals surface area contributed by atoms with Crippen molar-refractivity contribution >= 4 is 41.0 Å². The monoisotopic (exact) mass is 490 g/mol. The van der Waals surface area contributed by atoms with Gasteiger partial charge in [-0.2, -0.15) is 0 Å². The van der Waals surface area contributed by atoms with Crippen LogP contribution < -0.4 is 10.1 Å². The van der Waals surface area contributed by atoms with E-state index >= 15 is 0 Å². The van der Waals surface area contributed by atoms with Gasteiger partial charge in [0.25, 0.3) is 0 Å². The number of ketones is 1. The van der Waals surface area contributed by atoms with Gasteiger partial charge in [0.2, 0.25) is 5.91 Å². The number of likely N-dealkylation sites (tertiary alicyclic amines) is 1. The fraction of sp³-hybridized carbons (Fsp3) is 0.360. The Morgan fingerprint density at radius 1 is 1.15 bits per heavy atom. The van der Waals surface area contributed by atoms with Gasteiger partial charge in [-0.1, -0.05) is 23.2 Å². The number of benzene rings is 2. The van der Waals surface area contributed by atoms with Gasteiger partial charge in [0.15, 0.2) is 5.78 Å². The number of nitrogens with zero attached hydrogens (tertiary/aromatic N) is 1. The number of Topliss-reactive ketones (excluding diaryl/α,β-unsaturated/α-hetero) is 1. The smallest absolute Gasteiger partial charge is 0.244 e. The van der Waals surface area contributed by atoms with Crippen molar-refractivity contribution in [1.29, 1.82) is 0 Å². The summed E-state index contributed by atoms with van der Waals surface area (Å²) in [6, 6.07) is 11.7. The van der Waals surface area contributed by atoms with Gasteiger partial charge in [0.1, 0.15) is 5.75 Å². The van der Waals surface area contributed by atoms with Gasteiger partial charge in [-0.3, -0.25) is 9.59 Å². The predicted octanol–water partition coefficient (Wildman–Crippen LogP) is 4.09. The van der Waals surface area contributed by atoms with Crippen LogP contribution in [0.1, 0.15) is 28.8 Å². The molecule has 1 atom stereocenters. The largest absolute Gasteiger partial charge is 0.496 e. The third-order valence-corrected chi connectivity index (χ3v) is 6.23. The standard InChI is InChI=1S/C25H28Cl2N2O4/c1-33-23-8-7-21(27)14-19(23)4-9-24(31)28-22(16-30)15-29-12-10-18(11-13-29)25(32)17-2-5-20(26)6-3-17/h2-9,14,18,22,30H,10-13,15-16H2,1H3,(H,28,31)/b9-4+. The lowest BCUT2D eigenvalue weighted by molar-refractivity contribution is -0.117. The highest BCUT2D eigenvalue weighted by atomic mass is 35.5. The molecule has 8 heteroatoms. The summed E-state index contributed by atoms with van der Waals surface area (Å²) >= 11 is 11.9. The fourth-order valence-corrected chi connectivity index (χ4v) is 4.25. The van der Waals surface area contributed by atoms with Crippen LogP contribution in [0.4, 0.5) is 0 Å². The number of methoxy groups -OCH3 is 1. The number of nitrogens with one attached hydrogen (secondary N) is 1. The van der Waals surface area contributed by atoms with Crippen molar-refractivity contribution in [2.24, 2.45) is 5.92 Å². The molecule has 0 spiro atoms. The Morgan fingerprint density at radius 3 is 2.45 bits per heavy atom. The topological polar surface area (TPSA) is 78.9 Å². The number of rotatable bonds is 9. The molecule has 0 bridgehead atoms. The minimum atomic E-state index is -0.410. The summed E-state index contributed by atoms with van der Waals surface area (Å²) in [4.78, 5) is 27.3. The molecule has 6 nitrogen and oxygen atoms in total. The maximum absolute atomic E-state index is 12.7. The van der Waals surface area contributed by atoms with Gasteiger partial charge in [-0.15, -0.1) is 0 Å². The van der Waals surface area contributed by atoms with Crippen molar-refractivity contribution in [3.8, 4) is 5.75 Å². The van der Waals surface area contributed by atoms with E-state index in [-0.39, 0.29) is 24.2 Å². The maximum atomic E-state index is 12.7. The zero-order valence-electron chi connectivity index (χ0n) is 18.5. The predicted molar refractivity (Wildman–Crippen MR) is 131 cm³/mol. The second-order valence-corrected chi connectivity index (χ2v) is 8.93. The van der Waals surface area contributed by atoms with E-state index in [1.54, 1.807) is 55.7 Å². The SMILES string of the molecule is COc1ccc(Cl)cc1/C=C/C(=O)NC(CO)CN1CCC(C(=O)c2ccc(Cl)cc2)CC1. The zero-order valence-corrected chi connectivity index (χ0v) is 20.0. The van der Waals surface area contributed by atoms with E-state index in [0.717, 1.165) is 25.9 Å². The first-order chi connectivity index (χ1) is 15.9. The fourth-order valence-electron chi connectivity index (χ4n) is 3.94. The number of ether oxygens (including phenoxy) is 1. The normalized spacial score (nSPS) is 16.0. The lowest BCUT2D eigenvalue weighted by Gasteiger charge is -2.33. The second kappa shape index (κ2) is 12.2. The van der Waals surface area contributed by atoms with Gasteiger partial charge < -0.3 is 20.1 Å². The first kappa shape index (κ1) is 25.2. The van der Waals surface area contributed by atoms with Crippen LogP contribution >= 0.6 is 23.2 Å². The minimum Gasteiger partial charge on any atom is -0.496 e. The van der Waals surface area contributed by atoms with Gasteiger partial charge in [-0.05, 0) is 74.5 Å². The number of halogens is 2. The molecule has 2 aromatic carbocycles. The maximum Gasteiger partial charge on any atom is 0.244 e. The third kappa shape index (κ3) is 7.30. The van der Waals surface area contributed by atoms with E-state index in [1.165, 1.54) is 6.08 Å². The molecule has 176 valence electrons. The number of carbonyl (C=O) groups is 2. The summed E-state index contributed by atoms with van der Waals surface area (Å²) in [5.74, 6) is 0.405. The van der Waals surface area contributed by atoms with Crippen LogP contribution in [-0.4, -0.2) is 61.1 Å². The highest BCUT2D eigenvalue weighted by Gasteiger charge is 2.27. The number of piperidine rings is 1. The Hall–Kier alpha value is -2.38. The first-order valence-electron chi connectivity index (χ1n) is 10.8. The summed E-state index contributed by atoms with van der Waals surface area (Å²) in [6.45, 7) is 1.79. The molecule has 0 saturated carbocycles. The zero-order chi connectivity index (χ0) is 23.8. The molecule has 0 aromatic heterocycles. The Bertz CT molecular complexity index is 986. The van der Waals surface area contributed by atoms with Gasteiger partial charge in [-0.25, -0.2) is 0 Å². The molecule has 1 saturated heterocycles. The van der Waals surface area contributed by atoms with Crippen molar-refractivity contribution in [2.75, 3.05) is 33.4 Å². The second-order valence-electron chi connectivity index (χ2n) is 8.05. The molecule has 33 heavy (non-hydrogen) atoms. The third-order valence-electron chi connectivity index (χ3n) is 5.74. The van der Waals surface area contributed by atoms with Crippen LogP contribution in [0.5, 0.6) is 5.75 Å². The van der Waals surface area contributed by atoms with E-state index in [1.807, 2.05) is 0 Å².